The second-order valence-electron chi connectivity index (χ2n) is 14.4. The van der Waals surface area contributed by atoms with Gasteiger partial charge in [0.2, 0.25) is 0 Å². The van der Waals surface area contributed by atoms with Gasteiger partial charge in [-0.2, -0.15) is 0 Å². The third-order valence-corrected chi connectivity index (χ3v) is 11.1. The number of rotatable bonds is 7. The molecule has 1 aromatic heterocycles. The minimum Gasteiger partial charge on any atom is -0.292 e. The molecule has 264 valence electrons. The minimum atomic E-state index is 0.928. The highest BCUT2D eigenvalue weighted by Crippen LogP contribution is 2.45. The summed E-state index contributed by atoms with van der Waals surface area (Å²) < 4.78 is 2.26. The van der Waals surface area contributed by atoms with Crippen molar-refractivity contribution < 1.29 is 0 Å². The Hall–Kier alpha value is -7.29. The predicted octanol–water partition coefficient (Wildman–Crippen LogP) is 14.7. The molecule has 1 heterocycles. The van der Waals surface area contributed by atoms with Crippen molar-refractivity contribution in [3.05, 3.63) is 212 Å². The van der Waals surface area contributed by atoms with Crippen molar-refractivity contribution in [2.24, 2.45) is 0 Å². The maximum Gasteiger partial charge on any atom is 0.145 e. The normalized spacial score (nSPS) is 11.7. The lowest BCUT2D eigenvalue weighted by Gasteiger charge is -2.21. The van der Waals surface area contributed by atoms with Crippen molar-refractivity contribution >= 4 is 49.4 Å². The van der Waals surface area contributed by atoms with Gasteiger partial charge in [0, 0.05) is 11.3 Å². The molecule has 0 aliphatic rings. The molecule has 0 amide bonds. The first-order chi connectivity index (χ1) is 27.6. The van der Waals surface area contributed by atoms with Crippen LogP contribution >= 0.6 is 0 Å². The lowest BCUT2D eigenvalue weighted by molar-refractivity contribution is 1.10. The second-order valence-corrected chi connectivity index (χ2v) is 14.4. The molecule has 9 aromatic carbocycles. The van der Waals surface area contributed by atoms with Crippen molar-refractivity contribution in [2.45, 2.75) is 6.92 Å². The Morgan fingerprint density at radius 1 is 0.482 bits per heavy atom. The van der Waals surface area contributed by atoms with Crippen LogP contribution in [0, 0.1) is 6.92 Å². The highest BCUT2D eigenvalue weighted by atomic mass is 15.1. The monoisotopic (exact) mass is 714 g/mol. The zero-order chi connectivity index (χ0) is 37.6. The fraction of sp³-hybridized carbons (Fsp3) is 0.0185. The molecule has 0 aliphatic carbocycles. The zero-order valence-corrected chi connectivity index (χ0v) is 31.2. The average Bonchev–Trinajstić information content (AvgIpc) is 3.65. The summed E-state index contributed by atoms with van der Waals surface area (Å²) in [7, 11) is 0. The van der Waals surface area contributed by atoms with Crippen molar-refractivity contribution in [3.63, 3.8) is 0 Å². The quantitative estimate of drug-likeness (QED) is 0.150. The second kappa shape index (κ2) is 13.8. The van der Waals surface area contributed by atoms with E-state index < -0.39 is 0 Å². The van der Waals surface area contributed by atoms with Crippen LogP contribution < -0.4 is 0 Å². The van der Waals surface area contributed by atoms with Crippen LogP contribution in [0.15, 0.2) is 201 Å². The number of fused-ring (bicyclic) bond motifs is 4. The number of para-hydroxylation sites is 3. The standard InChI is InChI=1S/C54H38N2/c1-3-4-20-47-36(2)52(44-29-25-37-14-8-10-16-41(37)33-44)49-35-43(31-32-48(49)53(47)45-30-26-38-15-9-11-17-42(38)34-45)39-23-27-40(28-24-39)54-55-50-21-12-13-22-51(50)56(54)46-18-6-5-7-19-46/h3-35H,1H2,2H3/b20-4-. The van der Waals surface area contributed by atoms with Gasteiger partial charge >= 0.3 is 0 Å². The zero-order valence-electron chi connectivity index (χ0n) is 31.2. The van der Waals surface area contributed by atoms with Gasteiger partial charge in [-0.3, -0.25) is 4.57 Å². The van der Waals surface area contributed by atoms with E-state index in [1.807, 2.05) is 6.08 Å². The molecule has 0 fully saturated rings. The van der Waals surface area contributed by atoms with Gasteiger partial charge in [0.15, 0.2) is 0 Å². The van der Waals surface area contributed by atoms with Crippen LogP contribution in [0.1, 0.15) is 11.1 Å². The molecular weight excluding hydrogens is 677 g/mol. The third kappa shape index (κ3) is 5.71. The van der Waals surface area contributed by atoms with Gasteiger partial charge in [-0.05, 0) is 126 Å². The number of hydrogen-bond donors (Lipinski definition) is 0. The van der Waals surface area contributed by atoms with E-state index in [-0.39, 0.29) is 0 Å². The summed E-state index contributed by atoms with van der Waals surface area (Å²) in [5, 5.41) is 7.37. The van der Waals surface area contributed by atoms with E-state index >= 15 is 0 Å². The van der Waals surface area contributed by atoms with E-state index in [9.17, 15) is 0 Å². The number of benzene rings is 9. The molecule has 0 atom stereocenters. The van der Waals surface area contributed by atoms with Gasteiger partial charge < -0.3 is 0 Å². The first-order valence-electron chi connectivity index (χ1n) is 19.2. The molecule has 56 heavy (non-hydrogen) atoms. The number of allylic oxidation sites excluding steroid dienone is 2. The van der Waals surface area contributed by atoms with E-state index in [0.717, 1.165) is 33.7 Å². The smallest absolute Gasteiger partial charge is 0.145 e. The van der Waals surface area contributed by atoms with Crippen molar-refractivity contribution in [2.75, 3.05) is 0 Å². The number of hydrogen-bond acceptors (Lipinski definition) is 1. The molecule has 0 saturated heterocycles. The largest absolute Gasteiger partial charge is 0.292 e. The summed E-state index contributed by atoms with van der Waals surface area (Å²) in [6.07, 6.45) is 6.16. The van der Waals surface area contributed by atoms with Crippen LogP contribution in [-0.2, 0) is 0 Å². The highest BCUT2D eigenvalue weighted by molar-refractivity contribution is 6.12. The molecule has 0 N–H and O–H groups in total. The summed E-state index contributed by atoms with van der Waals surface area (Å²) in [5.74, 6) is 0.928. The van der Waals surface area contributed by atoms with Gasteiger partial charge in [0.1, 0.15) is 5.82 Å². The summed E-state index contributed by atoms with van der Waals surface area (Å²) in [4.78, 5) is 5.12. The molecule has 0 unspecified atom stereocenters. The van der Waals surface area contributed by atoms with Crippen LogP contribution in [0.3, 0.4) is 0 Å². The molecule has 10 aromatic rings. The molecule has 2 heteroatoms. The highest BCUT2D eigenvalue weighted by Gasteiger charge is 2.20. The average molecular weight is 715 g/mol. The van der Waals surface area contributed by atoms with Gasteiger partial charge in [0.05, 0.1) is 11.0 Å². The van der Waals surface area contributed by atoms with Crippen molar-refractivity contribution in [1.82, 2.24) is 9.55 Å². The number of aromatic nitrogens is 2. The molecule has 0 aliphatic heterocycles. The summed E-state index contributed by atoms with van der Waals surface area (Å²) in [6, 6.07) is 65.7. The molecule has 10 rings (SSSR count). The Morgan fingerprint density at radius 3 is 1.75 bits per heavy atom. The Morgan fingerprint density at radius 2 is 1.05 bits per heavy atom. The molecule has 0 saturated carbocycles. The molecule has 0 radical (unpaired) electrons. The fourth-order valence-corrected chi connectivity index (χ4v) is 8.43. The van der Waals surface area contributed by atoms with Gasteiger partial charge in [-0.25, -0.2) is 4.98 Å². The summed E-state index contributed by atoms with van der Waals surface area (Å²) in [6.45, 7) is 6.31. The molecule has 0 bridgehead atoms. The maximum absolute atomic E-state index is 5.12. The van der Waals surface area contributed by atoms with Crippen molar-refractivity contribution in [3.8, 4) is 50.5 Å². The molecule has 2 nitrogen and oxygen atoms in total. The Balaban J connectivity index is 1.18. The predicted molar refractivity (Wildman–Crippen MR) is 239 cm³/mol. The van der Waals surface area contributed by atoms with Crippen LogP contribution in [0.4, 0.5) is 0 Å². The molecule has 0 spiro atoms. The fourth-order valence-electron chi connectivity index (χ4n) is 8.43. The van der Waals surface area contributed by atoms with Crippen LogP contribution in [0.25, 0.3) is 99.9 Å². The van der Waals surface area contributed by atoms with Gasteiger partial charge in [-0.1, -0.05) is 164 Å². The molecular formula is C54H38N2. The van der Waals surface area contributed by atoms with Crippen LogP contribution in [-0.4, -0.2) is 9.55 Å². The Bertz CT molecular complexity index is 3150. The van der Waals surface area contributed by atoms with E-state index in [0.29, 0.717) is 0 Å². The number of imidazole rings is 1. The van der Waals surface area contributed by atoms with Gasteiger partial charge in [-0.15, -0.1) is 0 Å². The maximum atomic E-state index is 5.12. The van der Waals surface area contributed by atoms with E-state index in [1.165, 1.54) is 71.3 Å². The Kier molecular flexibility index (Phi) is 8.23. The minimum absolute atomic E-state index is 0.928. The summed E-state index contributed by atoms with van der Waals surface area (Å²) >= 11 is 0. The van der Waals surface area contributed by atoms with E-state index in [1.54, 1.807) is 0 Å². The number of nitrogens with zero attached hydrogens (tertiary/aromatic N) is 2. The van der Waals surface area contributed by atoms with E-state index in [2.05, 4.69) is 212 Å². The van der Waals surface area contributed by atoms with Crippen LogP contribution in [0.2, 0.25) is 0 Å². The van der Waals surface area contributed by atoms with Crippen LogP contribution in [0.5, 0.6) is 0 Å². The lowest BCUT2D eigenvalue weighted by Crippen LogP contribution is -1.97. The topological polar surface area (TPSA) is 17.8 Å². The lowest BCUT2D eigenvalue weighted by atomic mass is 9.82. The van der Waals surface area contributed by atoms with E-state index in [4.69, 9.17) is 4.98 Å². The van der Waals surface area contributed by atoms with Crippen molar-refractivity contribution in [1.29, 1.82) is 0 Å². The first-order valence-corrected chi connectivity index (χ1v) is 19.2. The summed E-state index contributed by atoms with van der Waals surface area (Å²) in [5.41, 5.74) is 13.9. The first kappa shape index (κ1) is 33.3. The Labute approximate surface area is 327 Å². The third-order valence-electron chi connectivity index (χ3n) is 11.1. The van der Waals surface area contributed by atoms with Gasteiger partial charge in [0.25, 0.3) is 0 Å². The SMILES string of the molecule is C=C/C=C\c1c(C)c(-c2ccc3ccccc3c2)c2cc(-c3ccc(-c4nc5ccccc5n4-c4ccccc4)cc3)ccc2c1-c1ccc2ccccc2c1.